The lowest BCUT2D eigenvalue weighted by Gasteiger charge is -2.31. The molecule has 1 fully saturated rings. The Bertz CT molecular complexity index is 3720. The highest BCUT2D eigenvalue weighted by molar-refractivity contribution is 7.54. The van der Waals surface area contributed by atoms with E-state index in [1.54, 1.807) is 27.0 Å². The third kappa shape index (κ3) is 16.3. The quantitative estimate of drug-likeness (QED) is 0.00967. The van der Waals surface area contributed by atoms with Gasteiger partial charge in [0.05, 0.1) is 52.9 Å². The van der Waals surface area contributed by atoms with Gasteiger partial charge in [-0.1, -0.05) is 78.9 Å². The van der Waals surface area contributed by atoms with Gasteiger partial charge in [-0.25, -0.2) is 4.79 Å². The van der Waals surface area contributed by atoms with Crippen molar-refractivity contribution in [2.24, 2.45) is 23.6 Å². The molecule has 1 aromatic heterocycles. The van der Waals surface area contributed by atoms with Crippen molar-refractivity contribution in [2.45, 2.75) is 162 Å². The minimum absolute atomic E-state index is 0.0678. The van der Waals surface area contributed by atoms with Gasteiger partial charge in [0.1, 0.15) is 18.1 Å². The molecule has 0 radical (unpaired) electrons. The van der Waals surface area contributed by atoms with E-state index < -0.39 is 115 Å². The van der Waals surface area contributed by atoms with Crippen molar-refractivity contribution in [3.8, 4) is 0 Å². The SMILES string of the molecule is C/C(=C\C(=O)N[C@H]1CCc2cccc3c2N(C1=O)[C@H](C(=O)N[C@@H](CCC(N)=O)[C@@H](C)OCc1ccc(CCCOCc2cccc4c2n(C)c(=O)n4C2CCC(=O)NC2=O)cc1)C3)c1ccc(C(F)(F)P(=O)(OCOC(=O)C(C)(C)C)OCOC(=O)C(C)(C)C)cc1. The number of halogens is 2. The number of allylic oxidation sites excluding steroid dienone is 1. The topological polar surface area (TPSA) is 301 Å². The minimum Gasteiger partial charge on any atom is -0.438 e. The number of hydrogen-bond acceptors (Lipinski definition) is 16. The van der Waals surface area contributed by atoms with Crippen LogP contribution in [0.1, 0.15) is 139 Å². The van der Waals surface area contributed by atoms with Crippen molar-refractivity contribution in [1.29, 1.82) is 0 Å². The standard InChI is InChI=1S/C66H80F2N7O16P/c1-39(43-22-25-47(26-23-43)66(67,68)92(85,90-37-88-61(82)64(3,4)5)91-38-89-62(83)65(6,7)8)33-55(78)70-49-27-24-44-14-10-15-45-34-52(75(56(44)45)60(49)81)59(80)71-48(28-30-53(69)76)40(2)87-35-42-20-18-41(19-21-42)13-12-32-86-36-46-16-11-17-50-57(46)73(9)63(84)74(50)51-29-31-54(77)72-58(51)79/h10-11,14-23,25-26,33,40,48-49,51-52H,12-13,24,27-32,34-38H2,1-9H3,(H2,69,76)(H,70,78)(H,71,80)(H,72,77,79)/b39-33+/t40-,48+,49+,51?,52+/m1/s1. The van der Waals surface area contributed by atoms with Gasteiger partial charge in [-0.2, -0.15) is 8.78 Å². The molecule has 1 saturated heterocycles. The van der Waals surface area contributed by atoms with Gasteiger partial charge < -0.3 is 35.3 Å². The summed E-state index contributed by atoms with van der Waals surface area (Å²) < 4.78 is 81.5. The largest absolute Gasteiger partial charge is 0.438 e. The van der Waals surface area contributed by atoms with Crippen LogP contribution in [-0.2, 0) is 116 Å². The molecule has 3 aliphatic heterocycles. The first kappa shape index (κ1) is 69.7. The number of carbonyl (C=O) groups excluding carboxylic acids is 8. The zero-order chi connectivity index (χ0) is 67.0. The maximum atomic E-state index is 16.3. The van der Waals surface area contributed by atoms with Crippen LogP contribution in [0.15, 0.2) is 95.8 Å². The third-order valence-corrected chi connectivity index (χ3v) is 18.1. The summed E-state index contributed by atoms with van der Waals surface area (Å²) >= 11 is 0. The molecule has 5 N–H and O–H groups in total. The Labute approximate surface area is 531 Å². The van der Waals surface area contributed by atoms with Crippen molar-refractivity contribution in [3.63, 3.8) is 0 Å². The number of fused-ring (bicyclic) bond motifs is 1. The van der Waals surface area contributed by atoms with Crippen LogP contribution in [0.5, 0.6) is 0 Å². The predicted molar refractivity (Wildman–Crippen MR) is 334 cm³/mol. The van der Waals surface area contributed by atoms with Gasteiger partial charge in [-0.3, -0.25) is 71.3 Å². The Kier molecular flexibility index (Phi) is 22.1. The smallest absolute Gasteiger partial charge is 0.410 e. The van der Waals surface area contributed by atoms with Crippen molar-refractivity contribution >= 4 is 77.3 Å². The number of imide groups is 1. The van der Waals surface area contributed by atoms with Gasteiger partial charge in [0, 0.05) is 50.1 Å². The summed E-state index contributed by atoms with van der Waals surface area (Å²) in [4.78, 5) is 119. The lowest BCUT2D eigenvalue weighted by molar-refractivity contribution is -0.163. The molecule has 23 nitrogen and oxygen atoms in total. The fraction of sp³-hybridized carbons (Fsp3) is 0.470. The summed E-state index contributed by atoms with van der Waals surface area (Å²) in [5.74, 6) is -4.86. The first-order valence-corrected chi connectivity index (χ1v) is 32.0. The monoisotopic (exact) mass is 1300 g/mol. The molecule has 0 spiro atoms. The molecule has 1 unspecified atom stereocenters. The Morgan fingerprint density at radius 1 is 0.815 bits per heavy atom. The number of hydrogen-bond donors (Lipinski definition) is 4. The number of imidazole rings is 1. The molecule has 0 bridgehead atoms. The van der Waals surface area contributed by atoms with Crippen molar-refractivity contribution < 1.29 is 79.7 Å². The van der Waals surface area contributed by atoms with E-state index >= 15 is 8.78 Å². The average molecular weight is 1300 g/mol. The van der Waals surface area contributed by atoms with E-state index in [2.05, 4.69) is 16.0 Å². The molecule has 494 valence electrons. The molecule has 8 rings (SSSR count). The van der Waals surface area contributed by atoms with Crippen LogP contribution in [0.3, 0.4) is 0 Å². The second-order valence-corrected chi connectivity index (χ2v) is 27.4. The number of para-hydroxylation sites is 2. The zero-order valence-corrected chi connectivity index (χ0v) is 54.0. The van der Waals surface area contributed by atoms with Crippen LogP contribution in [-0.4, -0.2) is 101 Å². The Hall–Kier alpha value is -8.22. The van der Waals surface area contributed by atoms with Crippen LogP contribution in [0.2, 0.25) is 0 Å². The van der Waals surface area contributed by atoms with Crippen LogP contribution in [0, 0.1) is 10.8 Å². The maximum absolute atomic E-state index is 16.3. The van der Waals surface area contributed by atoms with E-state index in [4.69, 9.17) is 33.7 Å². The van der Waals surface area contributed by atoms with Crippen LogP contribution >= 0.6 is 7.60 Å². The molecule has 26 heteroatoms. The summed E-state index contributed by atoms with van der Waals surface area (Å²) in [6.07, 6.45) is 3.12. The molecular formula is C66H80F2N7O16P. The number of nitrogens with one attached hydrogen (secondary N) is 3. The zero-order valence-electron chi connectivity index (χ0n) is 53.1. The number of aromatic nitrogens is 2. The molecule has 6 amide bonds. The number of carbonyl (C=O) groups is 8. The second-order valence-electron chi connectivity index (χ2n) is 25.3. The Balaban J connectivity index is 0.862. The molecule has 92 heavy (non-hydrogen) atoms. The lowest BCUT2D eigenvalue weighted by Crippen LogP contribution is -2.56. The Morgan fingerprint density at radius 3 is 2.08 bits per heavy atom. The summed E-state index contributed by atoms with van der Waals surface area (Å²) in [5.41, 5.74) is 4.55. The fourth-order valence-electron chi connectivity index (χ4n) is 11.1. The van der Waals surface area contributed by atoms with Crippen LogP contribution in [0.4, 0.5) is 14.5 Å². The number of rotatable bonds is 27. The molecule has 5 atom stereocenters. The van der Waals surface area contributed by atoms with E-state index in [0.717, 1.165) is 39.9 Å². The van der Waals surface area contributed by atoms with E-state index in [-0.39, 0.29) is 74.5 Å². The van der Waals surface area contributed by atoms with E-state index in [1.165, 1.54) is 73.8 Å². The van der Waals surface area contributed by atoms with Gasteiger partial charge in [-0.15, -0.1) is 0 Å². The predicted octanol–water partition coefficient (Wildman–Crippen LogP) is 7.98. The molecule has 5 aromatic rings. The number of benzene rings is 4. The summed E-state index contributed by atoms with van der Waals surface area (Å²) in [5, 5.41) is 8.16. The highest BCUT2D eigenvalue weighted by Crippen LogP contribution is 2.67. The molecular weight excluding hydrogens is 1220 g/mol. The average Bonchev–Trinajstić information content (AvgIpc) is 1.57. The highest BCUT2D eigenvalue weighted by Gasteiger charge is 2.56. The second kappa shape index (κ2) is 29.2. The third-order valence-electron chi connectivity index (χ3n) is 16.3. The minimum atomic E-state index is -5.61. The van der Waals surface area contributed by atoms with Gasteiger partial charge in [-0.05, 0) is 133 Å². The number of aryl methyl sites for hydroxylation is 3. The number of amides is 6. The van der Waals surface area contributed by atoms with Gasteiger partial charge >= 0.3 is 30.9 Å². The number of anilines is 1. The van der Waals surface area contributed by atoms with Gasteiger partial charge in [0.2, 0.25) is 49.0 Å². The van der Waals surface area contributed by atoms with E-state index in [0.29, 0.717) is 42.6 Å². The highest BCUT2D eigenvalue weighted by atomic mass is 31.2. The number of esters is 2. The lowest BCUT2D eigenvalue weighted by atomic mass is 9.98. The Morgan fingerprint density at radius 2 is 1.45 bits per heavy atom. The number of ether oxygens (including phenoxy) is 4. The summed E-state index contributed by atoms with van der Waals surface area (Å²) in [6, 6.07) is 19.6. The molecule has 0 aliphatic carbocycles. The molecule has 3 aliphatic rings. The van der Waals surface area contributed by atoms with E-state index in [1.807, 2.05) is 54.6 Å². The number of primary amides is 1. The number of nitrogens with two attached hydrogens (primary N) is 1. The number of nitrogens with zero attached hydrogens (tertiary/aromatic N) is 3. The van der Waals surface area contributed by atoms with Crippen LogP contribution in [0.25, 0.3) is 16.6 Å². The maximum Gasteiger partial charge on any atom is 0.410 e. The number of piperidine rings is 1. The molecule has 4 heterocycles. The molecule has 0 saturated carbocycles. The first-order valence-electron chi connectivity index (χ1n) is 30.4. The first-order chi connectivity index (χ1) is 43.4. The summed E-state index contributed by atoms with van der Waals surface area (Å²) in [7, 11) is -3.96. The molecule has 4 aromatic carbocycles. The van der Waals surface area contributed by atoms with Crippen molar-refractivity contribution in [2.75, 3.05) is 25.1 Å². The van der Waals surface area contributed by atoms with Crippen molar-refractivity contribution in [3.05, 3.63) is 140 Å². The van der Waals surface area contributed by atoms with Crippen molar-refractivity contribution in [1.82, 2.24) is 25.1 Å². The van der Waals surface area contributed by atoms with Gasteiger partial charge in [0.25, 0.3) is 0 Å². The van der Waals surface area contributed by atoms with E-state index in [9.17, 15) is 47.7 Å². The normalized spacial score (nSPS) is 17.8. The number of alkyl halides is 2. The van der Waals surface area contributed by atoms with Crippen LogP contribution < -0.4 is 32.3 Å². The fourth-order valence-corrected chi connectivity index (χ4v) is 12.3. The van der Waals surface area contributed by atoms with Gasteiger partial charge in [0.15, 0.2) is 0 Å². The summed E-state index contributed by atoms with van der Waals surface area (Å²) in [6.45, 7) is 10.9.